The van der Waals surface area contributed by atoms with Crippen LogP contribution in [0.2, 0.25) is 0 Å². The highest BCUT2D eigenvalue weighted by Gasteiger charge is 2.15. The highest BCUT2D eigenvalue weighted by molar-refractivity contribution is 5.66. The molecular weight excluding hydrogens is 320 g/mol. The van der Waals surface area contributed by atoms with Crippen molar-refractivity contribution in [3.05, 3.63) is 97.7 Å². The highest BCUT2D eigenvalue weighted by atomic mass is 16.6. The number of H-pyrrole nitrogens is 1. The first-order valence-corrected chi connectivity index (χ1v) is 7.54. The Bertz CT molecular complexity index is 981. The average molecular weight is 334 g/mol. The summed E-state index contributed by atoms with van der Waals surface area (Å²) in [5.41, 5.74) is 1.07. The molecule has 7 nitrogen and oxygen atoms in total. The SMILES string of the molecule is O=c1[nH]nc(/C=C/c2ccccc2)nc1Cc1ccccc1[N+](=O)[O-]. The normalized spacial score (nSPS) is 10.9. The Morgan fingerprint density at radius 3 is 2.52 bits per heavy atom. The Hall–Kier alpha value is -3.61. The van der Waals surface area contributed by atoms with Crippen molar-refractivity contribution in [3.63, 3.8) is 0 Å². The summed E-state index contributed by atoms with van der Waals surface area (Å²) in [7, 11) is 0. The number of para-hydroxylation sites is 1. The molecule has 1 N–H and O–H groups in total. The molecule has 0 saturated heterocycles. The lowest BCUT2D eigenvalue weighted by atomic mass is 10.1. The smallest absolute Gasteiger partial charge is 0.266 e. The van der Waals surface area contributed by atoms with Crippen LogP contribution in [0.1, 0.15) is 22.6 Å². The zero-order valence-electron chi connectivity index (χ0n) is 13.1. The quantitative estimate of drug-likeness (QED) is 0.571. The minimum atomic E-state index is -0.471. The summed E-state index contributed by atoms with van der Waals surface area (Å²) in [5, 5.41) is 17.4. The van der Waals surface area contributed by atoms with E-state index in [0.29, 0.717) is 11.4 Å². The molecule has 0 saturated carbocycles. The van der Waals surface area contributed by atoms with E-state index in [9.17, 15) is 14.9 Å². The molecule has 3 aromatic rings. The van der Waals surface area contributed by atoms with Gasteiger partial charge in [0.1, 0.15) is 5.69 Å². The minimum Gasteiger partial charge on any atom is -0.266 e. The molecule has 0 fully saturated rings. The fourth-order valence-corrected chi connectivity index (χ4v) is 2.33. The number of aromatic nitrogens is 3. The van der Waals surface area contributed by atoms with Crippen molar-refractivity contribution >= 4 is 17.8 Å². The van der Waals surface area contributed by atoms with Gasteiger partial charge in [0.05, 0.1) is 4.92 Å². The summed E-state index contributed by atoms with van der Waals surface area (Å²) in [6, 6.07) is 15.9. The van der Waals surface area contributed by atoms with Crippen molar-refractivity contribution in [2.45, 2.75) is 6.42 Å². The fraction of sp³-hybridized carbons (Fsp3) is 0.0556. The van der Waals surface area contributed by atoms with E-state index in [1.807, 2.05) is 36.4 Å². The van der Waals surface area contributed by atoms with E-state index in [1.54, 1.807) is 24.3 Å². The molecule has 0 aliphatic carbocycles. The molecule has 3 rings (SSSR count). The standard InChI is InChI=1S/C18H14N4O3/c23-18-15(12-14-8-4-5-9-16(14)22(24)25)19-17(20-21-18)11-10-13-6-2-1-3-7-13/h1-11H,12H2,(H,21,23)/b11-10+. The van der Waals surface area contributed by atoms with Gasteiger partial charge in [-0.2, -0.15) is 5.10 Å². The van der Waals surface area contributed by atoms with E-state index >= 15 is 0 Å². The van der Waals surface area contributed by atoms with E-state index in [1.165, 1.54) is 6.07 Å². The van der Waals surface area contributed by atoms with Crippen molar-refractivity contribution in [1.82, 2.24) is 15.2 Å². The molecule has 1 aromatic heterocycles. The lowest BCUT2D eigenvalue weighted by Crippen LogP contribution is -2.18. The summed E-state index contributed by atoms with van der Waals surface area (Å²) in [6.07, 6.45) is 3.55. The lowest BCUT2D eigenvalue weighted by molar-refractivity contribution is -0.385. The summed E-state index contributed by atoms with van der Waals surface area (Å²) < 4.78 is 0. The third-order valence-corrected chi connectivity index (χ3v) is 3.55. The molecule has 0 spiro atoms. The van der Waals surface area contributed by atoms with Gasteiger partial charge in [0.15, 0.2) is 5.82 Å². The van der Waals surface area contributed by atoms with E-state index in [-0.39, 0.29) is 17.8 Å². The van der Waals surface area contributed by atoms with Gasteiger partial charge >= 0.3 is 0 Å². The fourth-order valence-electron chi connectivity index (χ4n) is 2.33. The van der Waals surface area contributed by atoms with Crippen LogP contribution >= 0.6 is 0 Å². The maximum atomic E-state index is 12.0. The molecule has 0 aliphatic rings. The number of rotatable bonds is 5. The summed E-state index contributed by atoms with van der Waals surface area (Å²) in [4.78, 5) is 26.8. The predicted octanol–water partition coefficient (Wildman–Crippen LogP) is 2.83. The second-order valence-electron chi connectivity index (χ2n) is 5.28. The van der Waals surface area contributed by atoms with Gasteiger partial charge in [-0.3, -0.25) is 14.9 Å². The van der Waals surface area contributed by atoms with E-state index in [4.69, 9.17) is 0 Å². The highest BCUT2D eigenvalue weighted by Crippen LogP contribution is 2.19. The van der Waals surface area contributed by atoms with Crippen LogP contribution in [-0.2, 0) is 6.42 Å². The van der Waals surface area contributed by atoms with Crippen molar-refractivity contribution in [2.75, 3.05) is 0 Å². The number of nitrogens with one attached hydrogen (secondary N) is 1. The van der Waals surface area contributed by atoms with E-state index < -0.39 is 10.5 Å². The van der Waals surface area contributed by atoms with E-state index in [2.05, 4.69) is 15.2 Å². The summed E-state index contributed by atoms with van der Waals surface area (Å²) >= 11 is 0. The van der Waals surface area contributed by atoms with Gasteiger partial charge in [-0.15, -0.1) is 0 Å². The Labute approximate surface area is 142 Å². The Kier molecular flexibility index (Phi) is 4.75. The van der Waals surface area contributed by atoms with Gasteiger partial charge in [-0.05, 0) is 11.6 Å². The molecule has 0 unspecified atom stereocenters. The zero-order valence-corrected chi connectivity index (χ0v) is 13.1. The molecular formula is C18H14N4O3. The van der Waals surface area contributed by atoms with Crippen LogP contribution in [0, 0.1) is 10.1 Å². The molecule has 7 heteroatoms. The molecule has 0 radical (unpaired) electrons. The third kappa shape index (κ3) is 4.03. The van der Waals surface area contributed by atoms with Crippen molar-refractivity contribution in [2.24, 2.45) is 0 Å². The van der Waals surface area contributed by atoms with E-state index in [0.717, 1.165) is 5.56 Å². The van der Waals surface area contributed by atoms with Gasteiger partial charge in [0, 0.05) is 18.1 Å². The van der Waals surface area contributed by atoms with Crippen LogP contribution in [0.15, 0.2) is 59.4 Å². The van der Waals surface area contributed by atoms with Gasteiger partial charge in [0.2, 0.25) is 0 Å². The van der Waals surface area contributed by atoms with Crippen LogP contribution in [0.3, 0.4) is 0 Å². The average Bonchev–Trinajstić information content (AvgIpc) is 2.63. The molecule has 0 aliphatic heterocycles. The molecule has 0 bridgehead atoms. The first-order chi connectivity index (χ1) is 12.1. The van der Waals surface area contributed by atoms with Crippen molar-refractivity contribution in [1.29, 1.82) is 0 Å². The largest absolute Gasteiger partial charge is 0.286 e. The molecule has 0 amide bonds. The third-order valence-electron chi connectivity index (χ3n) is 3.55. The van der Waals surface area contributed by atoms with Crippen LogP contribution < -0.4 is 5.56 Å². The van der Waals surface area contributed by atoms with Gasteiger partial charge in [-0.25, -0.2) is 10.1 Å². The van der Waals surface area contributed by atoms with Crippen molar-refractivity contribution < 1.29 is 4.92 Å². The number of nitrogens with zero attached hydrogens (tertiary/aromatic N) is 3. The number of hydrogen-bond acceptors (Lipinski definition) is 5. The molecule has 25 heavy (non-hydrogen) atoms. The second-order valence-corrected chi connectivity index (χ2v) is 5.28. The monoisotopic (exact) mass is 334 g/mol. The molecule has 2 aromatic carbocycles. The zero-order chi connectivity index (χ0) is 17.6. The maximum absolute atomic E-state index is 12.0. The Balaban J connectivity index is 1.89. The lowest BCUT2D eigenvalue weighted by Gasteiger charge is -2.02. The van der Waals surface area contributed by atoms with Gasteiger partial charge < -0.3 is 0 Å². The van der Waals surface area contributed by atoms with Crippen LogP contribution in [0.4, 0.5) is 5.69 Å². The van der Waals surface area contributed by atoms with Crippen molar-refractivity contribution in [3.8, 4) is 0 Å². The molecule has 1 heterocycles. The number of nitro benzene ring substituents is 1. The number of hydrogen-bond donors (Lipinski definition) is 1. The summed E-state index contributed by atoms with van der Waals surface area (Å²) in [5.74, 6) is 0.331. The summed E-state index contributed by atoms with van der Waals surface area (Å²) in [6.45, 7) is 0. The van der Waals surface area contributed by atoms with Crippen LogP contribution in [-0.4, -0.2) is 20.1 Å². The maximum Gasteiger partial charge on any atom is 0.286 e. The predicted molar refractivity (Wildman–Crippen MR) is 93.9 cm³/mol. The van der Waals surface area contributed by atoms with Crippen LogP contribution in [0.5, 0.6) is 0 Å². The second kappa shape index (κ2) is 7.31. The number of benzene rings is 2. The van der Waals surface area contributed by atoms with Crippen LogP contribution in [0.25, 0.3) is 12.2 Å². The Morgan fingerprint density at radius 1 is 1.04 bits per heavy atom. The number of aromatic amines is 1. The van der Waals surface area contributed by atoms with Gasteiger partial charge in [-0.1, -0.05) is 54.6 Å². The molecule has 124 valence electrons. The first-order valence-electron chi connectivity index (χ1n) is 7.54. The number of nitro groups is 1. The minimum absolute atomic E-state index is 0.0399. The first kappa shape index (κ1) is 16.3. The molecule has 0 atom stereocenters. The Morgan fingerprint density at radius 2 is 1.76 bits per heavy atom. The topological polar surface area (TPSA) is 102 Å². The van der Waals surface area contributed by atoms with Gasteiger partial charge in [0.25, 0.3) is 11.2 Å².